The number of likely N-dealkylation sites (tertiary alicyclic amines) is 1. The minimum atomic E-state index is -0.155. The zero-order valence-corrected chi connectivity index (χ0v) is 15.1. The fourth-order valence-electron chi connectivity index (χ4n) is 3.29. The molecule has 0 saturated carbocycles. The first kappa shape index (κ1) is 18.2. The second-order valence-corrected chi connectivity index (χ2v) is 6.81. The molecule has 0 bridgehead atoms. The molecule has 1 fully saturated rings. The zero-order chi connectivity index (χ0) is 18.4. The summed E-state index contributed by atoms with van der Waals surface area (Å²) in [6.45, 7) is 3.37. The number of aromatic nitrogens is 1. The van der Waals surface area contributed by atoms with E-state index in [1.54, 1.807) is 6.07 Å². The number of benzene rings is 1. The predicted octanol–water partition coefficient (Wildman–Crippen LogP) is 2.47. The van der Waals surface area contributed by atoms with E-state index in [4.69, 9.17) is 4.52 Å². The quantitative estimate of drug-likeness (QED) is 0.828. The number of amides is 2. The number of hydrogen-bond acceptors (Lipinski definition) is 4. The van der Waals surface area contributed by atoms with Gasteiger partial charge in [0.1, 0.15) is 11.5 Å². The average molecular weight is 355 g/mol. The summed E-state index contributed by atoms with van der Waals surface area (Å²) >= 11 is 0. The Morgan fingerprint density at radius 1 is 1.35 bits per heavy atom. The molecule has 3 rings (SSSR count). The van der Waals surface area contributed by atoms with Gasteiger partial charge in [-0.2, -0.15) is 0 Å². The van der Waals surface area contributed by atoms with Crippen molar-refractivity contribution in [2.75, 3.05) is 13.1 Å². The minimum Gasteiger partial charge on any atom is -0.361 e. The van der Waals surface area contributed by atoms with Gasteiger partial charge in [-0.1, -0.05) is 35.5 Å². The molecule has 0 unspecified atom stereocenters. The van der Waals surface area contributed by atoms with Gasteiger partial charge in [0, 0.05) is 25.6 Å². The van der Waals surface area contributed by atoms with Gasteiger partial charge in [-0.25, -0.2) is 0 Å². The van der Waals surface area contributed by atoms with E-state index in [-0.39, 0.29) is 17.7 Å². The number of nitrogens with zero attached hydrogens (tertiary/aromatic N) is 2. The fraction of sp³-hybridized carbons (Fsp3) is 0.450. The standard InChI is InChI=1S/C20H25N3O3/c1-15-12-18(22-26-15)13-21-20(25)17-9-10-19(24)23(14-17)11-5-8-16-6-3-2-4-7-16/h2-4,6-7,12,17H,5,8-11,13-14H2,1H3,(H,21,25)/t17-/m1/s1. The average Bonchev–Trinajstić information content (AvgIpc) is 3.07. The topological polar surface area (TPSA) is 75.4 Å². The van der Waals surface area contributed by atoms with Crippen molar-refractivity contribution in [3.63, 3.8) is 0 Å². The molecule has 1 aromatic heterocycles. The molecule has 2 heterocycles. The summed E-state index contributed by atoms with van der Waals surface area (Å²) in [5.74, 6) is 0.694. The summed E-state index contributed by atoms with van der Waals surface area (Å²) < 4.78 is 5.00. The summed E-state index contributed by atoms with van der Waals surface area (Å²) in [4.78, 5) is 26.4. The smallest absolute Gasteiger partial charge is 0.225 e. The first-order valence-electron chi connectivity index (χ1n) is 9.13. The number of aryl methyl sites for hydroxylation is 2. The molecule has 0 spiro atoms. The van der Waals surface area contributed by atoms with Crippen LogP contribution >= 0.6 is 0 Å². The normalized spacial score (nSPS) is 17.3. The van der Waals surface area contributed by atoms with Crippen molar-refractivity contribution in [2.24, 2.45) is 5.92 Å². The highest BCUT2D eigenvalue weighted by Crippen LogP contribution is 2.19. The van der Waals surface area contributed by atoms with Crippen molar-refractivity contribution in [3.8, 4) is 0 Å². The van der Waals surface area contributed by atoms with E-state index >= 15 is 0 Å². The summed E-state index contributed by atoms with van der Waals surface area (Å²) in [6, 6.07) is 12.1. The van der Waals surface area contributed by atoms with Gasteiger partial charge in [0.05, 0.1) is 12.5 Å². The Hall–Kier alpha value is -2.63. The molecule has 2 amide bonds. The van der Waals surface area contributed by atoms with E-state index in [2.05, 4.69) is 22.6 Å². The number of hydrogen-bond donors (Lipinski definition) is 1. The highest BCUT2D eigenvalue weighted by molar-refractivity contribution is 5.83. The Balaban J connectivity index is 1.45. The molecular formula is C20H25N3O3. The Morgan fingerprint density at radius 3 is 2.88 bits per heavy atom. The van der Waals surface area contributed by atoms with Crippen LogP contribution in [-0.2, 0) is 22.6 Å². The monoisotopic (exact) mass is 355 g/mol. The maximum Gasteiger partial charge on any atom is 0.225 e. The van der Waals surface area contributed by atoms with Gasteiger partial charge in [-0.05, 0) is 31.7 Å². The summed E-state index contributed by atoms with van der Waals surface area (Å²) in [5.41, 5.74) is 1.98. The molecular weight excluding hydrogens is 330 g/mol. The van der Waals surface area contributed by atoms with E-state index in [1.165, 1.54) is 5.56 Å². The van der Waals surface area contributed by atoms with Crippen LogP contribution in [0.25, 0.3) is 0 Å². The lowest BCUT2D eigenvalue weighted by molar-refractivity contribution is -0.138. The molecule has 138 valence electrons. The van der Waals surface area contributed by atoms with Crippen LogP contribution in [0.5, 0.6) is 0 Å². The lowest BCUT2D eigenvalue weighted by Crippen LogP contribution is -2.46. The van der Waals surface area contributed by atoms with Gasteiger partial charge in [-0.3, -0.25) is 9.59 Å². The number of piperidine rings is 1. The third-order valence-electron chi connectivity index (χ3n) is 4.73. The van der Waals surface area contributed by atoms with Crippen molar-refractivity contribution in [3.05, 3.63) is 53.4 Å². The number of carbonyl (C=O) groups is 2. The maximum absolute atomic E-state index is 12.4. The van der Waals surface area contributed by atoms with Crippen molar-refractivity contribution in [1.82, 2.24) is 15.4 Å². The molecule has 0 radical (unpaired) electrons. The van der Waals surface area contributed by atoms with Crippen LogP contribution in [0.2, 0.25) is 0 Å². The first-order chi connectivity index (χ1) is 12.6. The summed E-state index contributed by atoms with van der Waals surface area (Å²) in [6.07, 6.45) is 2.89. The molecule has 1 N–H and O–H groups in total. The van der Waals surface area contributed by atoms with Gasteiger partial charge in [0.15, 0.2) is 0 Å². The Kier molecular flexibility index (Phi) is 6.04. The number of nitrogens with one attached hydrogen (secondary N) is 1. The van der Waals surface area contributed by atoms with Gasteiger partial charge in [-0.15, -0.1) is 0 Å². The van der Waals surface area contributed by atoms with E-state index in [1.807, 2.05) is 30.0 Å². The Bertz CT molecular complexity index is 742. The lowest BCUT2D eigenvalue weighted by atomic mass is 9.96. The first-order valence-corrected chi connectivity index (χ1v) is 9.13. The number of rotatable bonds is 7. The molecule has 26 heavy (non-hydrogen) atoms. The fourth-order valence-corrected chi connectivity index (χ4v) is 3.29. The van der Waals surface area contributed by atoms with E-state index < -0.39 is 0 Å². The highest BCUT2D eigenvalue weighted by atomic mass is 16.5. The van der Waals surface area contributed by atoms with Gasteiger partial charge >= 0.3 is 0 Å². The molecule has 1 aliphatic rings. The molecule has 1 aromatic carbocycles. The Morgan fingerprint density at radius 2 is 2.15 bits per heavy atom. The second kappa shape index (κ2) is 8.65. The van der Waals surface area contributed by atoms with Crippen LogP contribution in [-0.4, -0.2) is 35.0 Å². The van der Waals surface area contributed by atoms with E-state index in [9.17, 15) is 9.59 Å². The molecule has 6 heteroatoms. The minimum absolute atomic E-state index is 0.0220. The van der Waals surface area contributed by atoms with E-state index in [0.29, 0.717) is 38.2 Å². The van der Waals surface area contributed by atoms with Gasteiger partial charge in [0.2, 0.25) is 11.8 Å². The molecule has 1 atom stereocenters. The van der Waals surface area contributed by atoms with Crippen LogP contribution in [0.15, 0.2) is 40.9 Å². The van der Waals surface area contributed by atoms with Crippen LogP contribution in [0.4, 0.5) is 0 Å². The number of carbonyl (C=O) groups excluding carboxylic acids is 2. The van der Waals surface area contributed by atoms with Crippen LogP contribution in [0, 0.1) is 12.8 Å². The van der Waals surface area contributed by atoms with Crippen molar-refractivity contribution < 1.29 is 14.1 Å². The lowest BCUT2D eigenvalue weighted by Gasteiger charge is -2.32. The Labute approximate surface area is 153 Å². The van der Waals surface area contributed by atoms with Crippen LogP contribution < -0.4 is 5.32 Å². The largest absolute Gasteiger partial charge is 0.361 e. The highest BCUT2D eigenvalue weighted by Gasteiger charge is 2.29. The van der Waals surface area contributed by atoms with Gasteiger partial charge < -0.3 is 14.7 Å². The van der Waals surface area contributed by atoms with Crippen LogP contribution in [0.3, 0.4) is 0 Å². The molecule has 6 nitrogen and oxygen atoms in total. The summed E-state index contributed by atoms with van der Waals surface area (Å²) in [5, 5.41) is 6.77. The third-order valence-corrected chi connectivity index (χ3v) is 4.73. The zero-order valence-electron chi connectivity index (χ0n) is 15.1. The van der Waals surface area contributed by atoms with Gasteiger partial charge in [0.25, 0.3) is 0 Å². The second-order valence-electron chi connectivity index (χ2n) is 6.81. The molecule has 2 aromatic rings. The predicted molar refractivity (Wildman–Crippen MR) is 97.2 cm³/mol. The molecule has 0 aliphatic carbocycles. The van der Waals surface area contributed by atoms with Crippen LogP contribution in [0.1, 0.15) is 36.3 Å². The summed E-state index contributed by atoms with van der Waals surface area (Å²) in [7, 11) is 0. The van der Waals surface area contributed by atoms with E-state index in [0.717, 1.165) is 18.6 Å². The van der Waals surface area contributed by atoms with Crippen molar-refractivity contribution in [1.29, 1.82) is 0 Å². The molecule has 1 aliphatic heterocycles. The maximum atomic E-state index is 12.4. The van der Waals surface area contributed by atoms with Crippen molar-refractivity contribution >= 4 is 11.8 Å². The molecule has 1 saturated heterocycles. The third kappa shape index (κ3) is 4.94. The van der Waals surface area contributed by atoms with Crippen molar-refractivity contribution in [2.45, 2.75) is 39.2 Å². The SMILES string of the molecule is Cc1cc(CNC(=O)[C@@H]2CCC(=O)N(CCCc3ccccc3)C2)no1.